The molecule has 2 rings (SSSR count). The number of anilines is 1. The first-order valence-electron chi connectivity index (χ1n) is 4.41. The fourth-order valence-electron chi connectivity index (χ4n) is 1.58. The summed E-state index contributed by atoms with van der Waals surface area (Å²) in [5.41, 5.74) is 0.834. The van der Waals surface area contributed by atoms with E-state index in [2.05, 4.69) is 15.9 Å². The molecule has 1 amide bonds. The SMILES string of the molecule is O=C1C[C@@H](O)CN1c1cccc(Br)c1. The van der Waals surface area contributed by atoms with Gasteiger partial charge in [-0.1, -0.05) is 22.0 Å². The first kappa shape index (κ1) is 9.68. The summed E-state index contributed by atoms with van der Waals surface area (Å²) < 4.78 is 0.934. The number of carbonyl (C=O) groups excluding carboxylic acids is 1. The minimum Gasteiger partial charge on any atom is -0.391 e. The van der Waals surface area contributed by atoms with Gasteiger partial charge in [0.15, 0.2) is 0 Å². The van der Waals surface area contributed by atoms with Crippen molar-refractivity contribution in [2.45, 2.75) is 12.5 Å². The van der Waals surface area contributed by atoms with Crippen LogP contribution < -0.4 is 4.90 Å². The maximum Gasteiger partial charge on any atom is 0.229 e. The summed E-state index contributed by atoms with van der Waals surface area (Å²) in [7, 11) is 0. The minimum atomic E-state index is -0.526. The molecule has 74 valence electrons. The van der Waals surface area contributed by atoms with Crippen molar-refractivity contribution in [1.29, 1.82) is 0 Å². The lowest BCUT2D eigenvalue weighted by atomic mass is 10.3. The van der Waals surface area contributed by atoms with Crippen molar-refractivity contribution < 1.29 is 9.90 Å². The van der Waals surface area contributed by atoms with Gasteiger partial charge in [-0.05, 0) is 18.2 Å². The van der Waals surface area contributed by atoms with E-state index < -0.39 is 6.10 Å². The molecule has 3 nitrogen and oxygen atoms in total. The molecule has 1 aliphatic heterocycles. The van der Waals surface area contributed by atoms with Gasteiger partial charge in [0.1, 0.15) is 0 Å². The van der Waals surface area contributed by atoms with Gasteiger partial charge in [0, 0.05) is 10.2 Å². The molecule has 4 heteroatoms. The highest BCUT2D eigenvalue weighted by Crippen LogP contribution is 2.24. The Bertz CT molecular complexity index is 367. The second-order valence-electron chi connectivity index (χ2n) is 3.34. The lowest BCUT2D eigenvalue weighted by molar-refractivity contribution is -0.117. The Morgan fingerprint density at radius 1 is 1.50 bits per heavy atom. The van der Waals surface area contributed by atoms with E-state index in [0.29, 0.717) is 6.54 Å². The molecule has 0 radical (unpaired) electrons. The van der Waals surface area contributed by atoms with Crippen molar-refractivity contribution in [3.05, 3.63) is 28.7 Å². The molecule has 0 aromatic heterocycles. The van der Waals surface area contributed by atoms with Crippen molar-refractivity contribution >= 4 is 27.5 Å². The Hall–Kier alpha value is -0.870. The van der Waals surface area contributed by atoms with Crippen LogP contribution in [-0.2, 0) is 4.79 Å². The fourth-order valence-corrected chi connectivity index (χ4v) is 1.97. The van der Waals surface area contributed by atoms with Gasteiger partial charge in [0.25, 0.3) is 0 Å². The van der Waals surface area contributed by atoms with Crippen LogP contribution in [0.1, 0.15) is 6.42 Å². The van der Waals surface area contributed by atoms with Gasteiger partial charge in [-0.3, -0.25) is 4.79 Å². The highest BCUT2D eigenvalue weighted by molar-refractivity contribution is 9.10. The summed E-state index contributed by atoms with van der Waals surface area (Å²) in [6, 6.07) is 7.51. The third-order valence-electron chi connectivity index (χ3n) is 2.22. The molecule has 1 heterocycles. The summed E-state index contributed by atoms with van der Waals surface area (Å²) in [6.45, 7) is 0.398. The van der Waals surface area contributed by atoms with Crippen LogP contribution in [-0.4, -0.2) is 23.7 Å². The predicted molar refractivity (Wildman–Crippen MR) is 57.1 cm³/mol. The lowest BCUT2D eigenvalue weighted by Crippen LogP contribution is -2.25. The highest BCUT2D eigenvalue weighted by Gasteiger charge is 2.28. The number of halogens is 1. The van der Waals surface area contributed by atoms with Crippen LogP contribution in [0.3, 0.4) is 0 Å². The number of β-amino-alcohol motifs (C(OH)–C–C–N with tert-alkyl or cyclic N) is 1. The average molecular weight is 256 g/mol. The molecule has 14 heavy (non-hydrogen) atoms. The topological polar surface area (TPSA) is 40.5 Å². The molecule has 0 bridgehead atoms. The van der Waals surface area contributed by atoms with E-state index in [1.807, 2.05) is 24.3 Å². The van der Waals surface area contributed by atoms with E-state index >= 15 is 0 Å². The number of carbonyl (C=O) groups is 1. The quantitative estimate of drug-likeness (QED) is 0.828. The Balaban J connectivity index is 2.27. The number of aliphatic hydroxyl groups is 1. The summed E-state index contributed by atoms with van der Waals surface area (Å²) in [6.07, 6.45) is -0.298. The first-order chi connectivity index (χ1) is 6.66. The van der Waals surface area contributed by atoms with Gasteiger partial charge in [-0.2, -0.15) is 0 Å². The van der Waals surface area contributed by atoms with E-state index in [0.717, 1.165) is 10.2 Å². The average Bonchev–Trinajstić information content (AvgIpc) is 2.45. The minimum absolute atomic E-state index is 0.0180. The summed E-state index contributed by atoms with van der Waals surface area (Å²) in [4.78, 5) is 13.1. The summed E-state index contributed by atoms with van der Waals surface area (Å²) >= 11 is 3.34. The van der Waals surface area contributed by atoms with Gasteiger partial charge < -0.3 is 10.0 Å². The maximum absolute atomic E-state index is 11.4. The predicted octanol–water partition coefficient (Wildman–Crippen LogP) is 1.55. The maximum atomic E-state index is 11.4. The Labute approximate surface area is 90.5 Å². The molecule has 1 atom stereocenters. The van der Waals surface area contributed by atoms with Crippen molar-refractivity contribution in [3.63, 3.8) is 0 Å². The van der Waals surface area contributed by atoms with Crippen LogP contribution >= 0.6 is 15.9 Å². The number of rotatable bonds is 1. The van der Waals surface area contributed by atoms with Crippen LogP contribution in [0.25, 0.3) is 0 Å². The Morgan fingerprint density at radius 3 is 2.86 bits per heavy atom. The molecule has 1 aromatic rings. The van der Waals surface area contributed by atoms with E-state index in [1.165, 1.54) is 0 Å². The van der Waals surface area contributed by atoms with Crippen molar-refractivity contribution in [3.8, 4) is 0 Å². The van der Waals surface area contributed by atoms with E-state index in [-0.39, 0.29) is 12.3 Å². The van der Waals surface area contributed by atoms with Crippen LogP contribution in [0.2, 0.25) is 0 Å². The van der Waals surface area contributed by atoms with Crippen LogP contribution in [0.15, 0.2) is 28.7 Å². The summed E-state index contributed by atoms with van der Waals surface area (Å²) in [5.74, 6) is -0.0180. The third kappa shape index (κ3) is 1.81. The molecule has 1 aromatic carbocycles. The number of hydrogen-bond donors (Lipinski definition) is 1. The summed E-state index contributed by atoms with van der Waals surface area (Å²) in [5, 5.41) is 9.33. The second-order valence-corrected chi connectivity index (χ2v) is 4.26. The zero-order valence-electron chi connectivity index (χ0n) is 7.48. The second kappa shape index (κ2) is 3.71. The van der Waals surface area contributed by atoms with E-state index in [4.69, 9.17) is 0 Å². The molecule has 1 aliphatic rings. The van der Waals surface area contributed by atoms with E-state index in [9.17, 15) is 9.90 Å². The zero-order valence-corrected chi connectivity index (χ0v) is 9.07. The van der Waals surface area contributed by atoms with Crippen molar-refractivity contribution in [1.82, 2.24) is 0 Å². The standard InChI is InChI=1S/C10H10BrNO2/c11-7-2-1-3-8(4-7)12-6-9(13)5-10(12)14/h1-4,9,13H,5-6H2/t9-/m1/s1. The molecule has 1 saturated heterocycles. The third-order valence-corrected chi connectivity index (χ3v) is 2.72. The first-order valence-corrected chi connectivity index (χ1v) is 5.20. The van der Waals surface area contributed by atoms with Gasteiger partial charge in [0.2, 0.25) is 5.91 Å². The van der Waals surface area contributed by atoms with Gasteiger partial charge >= 0.3 is 0 Å². The lowest BCUT2D eigenvalue weighted by Gasteiger charge is -2.15. The molecule has 1 fully saturated rings. The molecule has 0 aliphatic carbocycles. The number of amides is 1. The smallest absolute Gasteiger partial charge is 0.229 e. The Kier molecular flexibility index (Phi) is 2.56. The molecule has 0 spiro atoms. The molecule has 0 unspecified atom stereocenters. The fraction of sp³-hybridized carbons (Fsp3) is 0.300. The number of benzene rings is 1. The van der Waals surface area contributed by atoms with Crippen LogP contribution in [0, 0.1) is 0 Å². The normalized spacial score (nSPS) is 21.7. The number of nitrogens with zero attached hydrogens (tertiary/aromatic N) is 1. The molecular weight excluding hydrogens is 246 g/mol. The molecule has 0 saturated carbocycles. The Morgan fingerprint density at radius 2 is 2.29 bits per heavy atom. The van der Waals surface area contributed by atoms with Crippen LogP contribution in [0.5, 0.6) is 0 Å². The van der Waals surface area contributed by atoms with Crippen molar-refractivity contribution in [2.24, 2.45) is 0 Å². The van der Waals surface area contributed by atoms with Gasteiger partial charge in [0.05, 0.1) is 19.1 Å². The number of aliphatic hydroxyl groups excluding tert-OH is 1. The monoisotopic (exact) mass is 255 g/mol. The van der Waals surface area contributed by atoms with Crippen molar-refractivity contribution in [2.75, 3.05) is 11.4 Å². The molecule has 1 N–H and O–H groups in total. The zero-order chi connectivity index (χ0) is 10.1. The van der Waals surface area contributed by atoms with E-state index in [1.54, 1.807) is 4.90 Å². The van der Waals surface area contributed by atoms with Gasteiger partial charge in [-0.25, -0.2) is 0 Å². The molecular formula is C10H10BrNO2. The number of hydrogen-bond acceptors (Lipinski definition) is 2. The van der Waals surface area contributed by atoms with Gasteiger partial charge in [-0.15, -0.1) is 0 Å². The largest absolute Gasteiger partial charge is 0.391 e. The highest BCUT2D eigenvalue weighted by atomic mass is 79.9. The van der Waals surface area contributed by atoms with Crippen LogP contribution in [0.4, 0.5) is 5.69 Å².